The second-order valence-electron chi connectivity index (χ2n) is 8.01. The lowest BCUT2D eigenvalue weighted by molar-refractivity contribution is -0.130. The molecule has 2 N–H and O–H groups in total. The summed E-state index contributed by atoms with van der Waals surface area (Å²) in [5, 5.41) is 21.6. The number of carbonyl (C=O) groups is 2. The number of amides is 1. The van der Waals surface area contributed by atoms with Gasteiger partial charge in [0.05, 0.1) is 18.7 Å². The number of aromatic hydroxyl groups is 1. The Morgan fingerprint density at radius 1 is 1.11 bits per heavy atom. The van der Waals surface area contributed by atoms with Crippen LogP contribution < -0.4 is 4.74 Å². The zero-order valence-corrected chi connectivity index (χ0v) is 19.2. The number of Topliss-reactive ketones (excluding diaryl/α,β-unsaturated/α-hetero) is 1. The number of phenols is 1. The highest BCUT2D eigenvalue weighted by molar-refractivity contribution is 6.31. The van der Waals surface area contributed by atoms with Gasteiger partial charge in [-0.05, 0) is 47.5 Å². The lowest BCUT2D eigenvalue weighted by Crippen LogP contribution is -2.30. The third kappa shape index (κ3) is 3.98. The smallest absolute Gasteiger partial charge is 0.290 e. The molecule has 1 aliphatic heterocycles. The number of aliphatic hydroxyl groups excluding tert-OH is 1. The molecule has 176 valence electrons. The van der Waals surface area contributed by atoms with Crippen molar-refractivity contribution in [2.24, 2.45) is 0 Å². The van der Waals surface area contributed by atoms with Gasteiger partial charge in [0, 0.05) is 35.4 Å². The van der Waals surface area contributed by atoms with Crippen LogP contribution in [-0.2, 0) is 11.3 Å². The number of nitrogens with zero attached hydrogens (tertiary/aromatic N) is 2. The molecule has 0 fully saturated rings. The van der Waals surface area contributed by atoms with Crippen LogP contribution >= 0.6 is 11.6 Å². The van der Waals surface area contributed by atoms with E-state index < -0.39 is 23.5 Å². The number of phenolic OH excluding ortho intramolecular Hbond substituents is 1. The van der Waals surface area contributed by atoms with Crippen molar-refractivity contribution in [1.82, 2.24) is 9.88 Å². The topological polar surface area (TPSA) is 113 Å². The number of hydrogen-bond acceptors (Lipinski definition) is 7. The highest BCUT2D eigenvalue weighted by atomic mass is 35.5. The SMILES string of the molecule is COc1cc(Cl)cc2cc(C(=O)C3=C(O)C(=O)N(Cc4ccncc4)C3c3ccc(O)cc3)oc12. The minimum Gasteiger partial charge on any atom is -0.508 e. The number of benzene rings is 2. The zero-order valence-electron chi connectivity index (χ0n) is 18.4. The van der Waals surface area contributed by atoms with Crippen molar-refractivity contribution in [1.29, 1.82) is 0 Å². The van der Waals surface area contributed by atoms with Crippen LogP contribution in [0.25, 0.3) is 11.0 Å². The summed E-state index contributed by atoms with van der Waals surface area (Å²) in [5.41, 5.74) is 1.49. The number of furan rings is 1. The summed E-state index contributed by atoms with van der Waals surface area (Å²) in [5.74, 6) is -1.71. The summed E-state index contributed by atoms with van der Waals surface area (Å²) < 4.78 is 11.1. The third-order valence-corrected chi connectivity index (χ3v) is 6.07. The fourth-order valence-corrected chi connectivity index (χ4v) is 4.44. The molecule has 0 spiro atoms. The first-order valence-corrected chi connectivity index (χ1v) is 11.0. The van der Waals surface area contributed by atoms with Crippen molar-refractivity contribution < 1.29 is 29.0 Å². The first kappa shape index (κ1) is 22.5. The van der Waals surface area contributed by atoms with Crippen LogP contribution in [0.15, 0.2) is 82.7 Å². The maximum Gasteiger partial charge on any atom is 0.290 e. The molecule has 2 aromatic carbocycles. The van der Waals surface area contributed by atoms with E-state index in [1.54, 1.807) is 48.8 Å². The fourth-order valence-electron chi connectivity index (χ4n) is 4.22. The first-order valence-electron chi connectivity index (χ1n) is 10.6. The molecule has 0 radical (unpaired) electrons. The van der Waals surface area contributed by atoms with E-state index in [9.17, 15) is 19.8 Å². The predicted octanol–water partition coefficient (Wildman–Crippen LogP) is 4.97. The number of ether oxygens (including phenoxy) is 1. The van der Waals surface area contributed by atoms with E-state index in [2.05, 4.69) is 4.98 Å². The molecular formula is C26H19ClN2O6. The molecule has 0 saturated carbocycles. The Balaban J connectivity index is 1.61. The molecule has 0 bridgehead atoms. The molecule has 1 amide bonds. The van der Waals surface area contributed by atoms with Crippen LogP contribution in [0.3, 0.4) is 0 Å². The van der Waals surface area contributed by atoms with Crippen molar-refractivity contribution in [3.8, 4) is 11.5 Å². The zero-order chi connectivity index (χ0) is 24.7. The lowest BCUT2D eigenvalue weighted by Gasteiger charge is -2.26. The highest BCUT2D eigenvalue weighted by Gasteiger charge is 2.44. The number of aliphatic hydroxyl groups is 1. The average molecular weight is 491 g/mol. The van der Waals surface area contributed by atoms with E-state index in [-0.39, 0.29) is 23.6 Å². The van der Waals surface area contributed by atoms with Gasteiger partial charge in [-0.25, -0.2) is 0 Å². The van der Waals surface area contributed by atoms with Gasteiger partial charge in [-0.1, -0.05) is 23.7 Å². The molecule has 5 rings (SSSR count). The van der Waals surface area contributed by atoms with Gasteiger partial charge in [-0.3, -0.25) is 14.6 Å². The van der Waals surface area contributed by atoms with Crippen molar-refractivity contribution in [3.05, 3.63) is 100 Å². The fraction of sp³-hybridized carbons (Fsp3) is 0.115. The molecule has 1 atom stereocenters. The van der Waals surface area contributed by atoms with Gasteiger partial charge in [-0.2, -0.15) is 0 Å². The molecule has 35 heavy (non-hydrogen) atoms. The van der Waals surface area contributed by atoms with E-state index in [1.807, 2.05) is 0 Å². The Hall–Kier alpha value is -4.30. The van der Waals surface area contributed by atoms with E-state index in [1.165, 1.54) is 30.2 Å². The van der Waals surface area contributed by atoms with Crippen molar-refractivity contribution in [2.45, 2.75) is 12.6 Å². The van der Waals surface area contributed by atoms with Gasteiger partial charge >= 0.3 is 0 Å². The summed E-state index contributed by atoms with van der Waals surface area (Å²) in [7, 11) is 1.46. The number of halogens is 1. The monoisotopic (exact) mass is 490 g/mol. The molecule has 2 aromatic heterocycles. The van der Waals surface area contributed by atoms with Crippen molar-refractivity contribution >= 4 is 34.3 Å². The second kappa shape index (κ2) is 8.81. The number of rotatable bonds is 6. The van der Waals surface area contributed by atoms with Gasteiger partial charge in [0.2, 0.25) is 5.78 Å². The molecule has 0 saturated heterocycles. The number of aromatic nitrogens is 1. The van der Waals surface area contributed by atoms with E-state index in [4.69, 9.17) is 20.8 Å². The molecular weight excluding hydrogens is 472 g/mol. The first-order chi connectivity index (χ1) is 16.9. The summed E-state index contributed by atoms with van der Waals surface area (Å²) in [4.78, 5) is 32.2. The van der Waals surface area contributed by atoms with Crippen molar-refractivity contribution in [2.75, 3.05) is 7.11 Å². The number of fused-ring (bicyclic) bond motifs is 1. The minimum absolute atomic E-state index is 0.0288. The summed E-state index contributed by atoms with van der Waals surface area (Å²) in [6.45, 7) is 0.122. The van der Waals surface area contributed by atoms with Gasteiger partial charge in [0.1, 0.15) is 5.75 Å². The summed E-state index contributed by atoms with van der Waals surface area (Å²) in [6, 6.07) is 13.4. The van der Waals surface area contributed by atoms with Crippen LogP contribution in [0, 0.1) is 0 Å². The van der Waals surface area contributed by atoms with E-state index in [0.717, 1.165) is 5.56 Å². The van der Waals surface area contributed by atoms with Crippen LogP contribution in [0.2, 0.25) is 5.02 Å². The average Bonchev–Trinajstić information content (AvgIpc) is 3.39. The maximum atomic E-state index is 13.7. The van der Waals surface area contributed by atoms with E-state index in [0.29, 0.717) is 27.3 Å². The quantitative estimate of drug-likeness (QED) is 0.367. The van der Waals surface area contributed by atoms with Gasteiger partial charge in [0.15, 0.2) is 22.9 Å². The Morgan fingerprint density at radius 2 is 1.83 bits per heavy atom. The molecule has 1 unspecified atom stereocenters. The van der Waals surface area contributed by atoms with E-state index >= 15 is 0 Å². The molecule has 1 aliphatic rings. The molecule has 0 aliphatic carbocycles. The number of ketones is 1. The van der Waals surface area contributed by atoms with Crippen LogP contribution in [-0.4, -0.2) is 38.9 Å². The Bertz CT molecular complexity index is 1480. The van der Waals surface area contributed by atoms with Crippen LogP contribution in [0.1, 0.15) is 27.7 Å². The highest BCUT2D eigenvalue weighted by Crippen LogP contribution is 2.41. The molecule has 8 nitrogen and oxygen atoms in total. The predicted molar refractivity (Wildman–Crippen MR) is 127 cm³/mol. The van der Waals surface area contributed by atoms with Crippen molar-refractivity contribution in [3.63, 3.8) is 0 Å². The number of carbonyl (C=O) groups excluding carboxylic acids is 2. The Morgan fingerprint density at radius 3 is 2.51 bits per heavy atom. The number of pyridine rings is 1. The number of methoxy groups -OCH3 is 1. The molecule has 9 heteroatoms. The second-order valence-corrected chi connectivity index (χ2v) is 8.45. The standard InChI is InChI=1S/C26H19ClN2O6/c1-34-20-12-17(27)10-16-11-19(35-25(16)20)23(31)21-22(15-2-4-18(30)5-3-15)29(26(33)24(21)32)13-14-6-8-28-9-7-14/h2-12,22,30,32H,13H2,1H3. The summed E-state index contributed by atoms with van der Waals surface area (Å²) >= 11 is 6.14. The lowest BCUT2D eigenvalue weighted by atomic mass is 9.94. The largest absolute Gasteiger partial charge is 0.508 e. The summed E-state index contributed by atoms with van der Waals surface area (Å²) in [6.07, 6.45) is 3.19. The Labute approximate surface area is 204 Å². The number of hydrogen-bond donors (Lipinski definition) is 2. The molecule has 4 aromatic rings. The van der Waals surface area contributed by atoms with Gasteiger partial charge in [-0.15, -0.1) is 0 Å². The Kier molecular flexibility index (Phi) is 5.66. The normalized spacial score (nSPS) is 15.8. The minimum atomic E-state index is -0.914. The molecule has 3 heterocycles. The van der Waals surface area contributed by atoms with Crippen LogP contribution in [0.5, 0.6) is 11.5 Å². The third-order valence-electron chi connectivity index (χ3n) is 5.85. The van der Waals surface area contributed by atoms with Gasteiger partial charge < -0.3 is 24.3 Å². The maximum absolute atomic E-state index is 13.7. The van der Waals surface area contributed by atoms with Crippen LogP contribution in [0.4, 0.5) is 0 Å². The van der Waals surface area contributed by atoms with Gasteiger partial charge in [0.25, 0.3) is 5.91 Å².